The zero-order valence-electron chi connectivity index (χ0n) is 9.83. The molecule has 0 aliphatic carbocycles. The summed E-state index contributed by atoms with van der Waals surface area (Å²) >= 11 is 0. The third kappa shape index (κ3) is 4.18. The Morgan fingerprint density at radius 3 is 2.47 bits per heavy atom. The maximum Gasteiger partial charge on any atom is 0.221 e. The summed E-state index contributed by atoms with van der Waals surface area (Å²) in [7, 11) is 0. The van der Waals surface area contributed by atoms with Crippen LogP contribution in [0.4, 0.5) is 0 Å². The number of likely N-dealkylation sites (tertiary alicyclic amines) is 1. The molecule has 1 atom stereocenters. The van der Waals surface area contributed by atoms with Crippen LogP contribution in [-0.2, 0) is 4.79 Å². The SMILES string of the molecule is CC(C)NC(=O)CC(CN)N1CCCC1. The summed E-state index contributed by atoms with van der Waals surface area (Å²) in [5.74, 6) is 0.118. The first-order valence-corrected chi connectivity index (χ1v) is 5.87. The standard InChI is InChI=1S/C11H23N3O/c1-9(2)13-11(15)7-10(8-12)14-5-3-4-6-14/h9-10H,3-8,12H2,1-2H3,(H,13,15). The second-order valence-electron chi connectivity index (χ2n) is 4.56. The number of hydrogen-bond donors (Lipinski definition) is 2. The van der Waals surface area contributed by atoms with Crippen LogP contribution < -0.4 is 11.1 Å². The van der Waals surface area contributed by atoms with Crippen molar-refractivity contribution >= 4 is 5.91 Å². The average Bonchev–Trinajstić information content (AvgIpc) is 2.65. The van der Waals surface area contributed by atoms with Gasteiger partial charge in [-0.3, -0.25) is 9.69 Å². The molecule has 1 amide bonds. The lowest BCUT2D eigenvalue weighted by atomic mass is 10.1. The van der Waals surface area contributed by atoms with E-state index in [0.717, 1.165) is 13.1 Å². The van der Waals surface area contributed by atoms with Crippen molar-refractivity contribution in [1.29, 1.82) is 0 Å². The van der Waals surface area contributed by atoms with Gasteiger partial charge in [0, 0.05) is 25.0 Å². The Hall–Kier alpha value is -0.610. The van der Waals surface area contributed by atoms with Gasteiger partial charge in [0.1, 0.15) is 0 Å². The molecular weight excluding hydrogens is 190 g/mol. The number of carbonyl (C=O) groups excluding carboxylic acids is 1. The van der Waals surface area contributed by atoms with Gasteiger partial charge in [0.05, 0.1) is 0 Å². The molecule has 1 aliphatic heterocycles. The number of nitrogens with zero attached hydrogens (tertiary/aromatic N) is 1. The Kier molecular flexibility index (Phi) is 5.05. The molecule has 0 radical (unpaired) electrons. The molecule has 0 aromatic heterocycles. The van der Waals surface area contributed by atoms with Crippen LogP contribution in [-0.4, -0.2) is 42.5 Å². The molecule has 88 valence electrons. The first-order chi connectivity index (χ1) is 7.13. The van der Waals surface area contributed by atoms with E-state index in [4.69, 9.17) is 5.73 Å². The molecule has 1 fully saturated rings. The molecule has 0 saturated carbocycles. The predicted octanol–water partition coefficient (Wildman–Crippen LogP) is 0.324. The van der Waals surface area contributed by atoms with Gasteiger partial charge < -0.3 is 11.1 Å². The van der Waals surface area contributed by atoms with Crippen LogP contribution in [0.15, 0.2) is 0 Å². The van der Waals surface area contributed by atoms with Crippen LogP contribution in [0.2, 0.25) is 0 Å². The van der Waals surface area contributed by atoms with Crippen molar-refractivity contribution in [1.82, 2.24) is 10.2 Å². The van der Waals surface area contributed by atoms with E-state index < -0.39 is 0 Å². The highest BCUT2D eigenvalue weighted by Gasteiger charge is 2.22. The van der Waals surface area contributed by atoms with Gasteiger partial charge in [-0.05, 0) is 39.8 Å². The highest BCUT2D eigenvalue weighted by molar-refractivity contribution is 5.76. The maximum absolute atomic E-state index is 11.6. The highest BCUT2D eigenvalue weighted by atomic mass is 16.1. The van der Waals surface area contributed by atoms with Crippen LogP contribution in [0.25, 0.3) is 0 Å². The number of rotatable bonds is 5. The summed E-state index contributed by atoms with van der Waals surface area (Å²) in [6.45, 7) is 6.72. The first-order valence-electron chi connectivity index (χ1n) is 5.87. The van der Waals surface area contributed by atoms with Crippen molar-refractivity contribution in [2.45, 2.75) is 45.2 Å². The minimum Gasteiger partial charge on any atom is -0.354 e. The van der Waals surface area contributed by atoms with Gasteiger partial charge in [-0.25, -0.2) is 0 Å². The van der Waals surface area contributed by atoms with E-state index in [-0.39, 0.29) is 18.0 Å². The summed E-state index contributed by atoms with van der Waals surface area (Å²) in [4.78, 5) is 13.9. The van der Waals surface area contributed by atoms with Crippen molar-refractivity contribution in [3.63, 3.8) is 0 Å². The lowest BCUT2D eigenvalue weighted by Gasteiger charge is -2.25. The van der Waals surface area contributed by atoms with E-state index in [9.17, 15) is 4.79 Å². The van der Waals surface area contributed by atoms with Gasteiger partial charge >= 0.3 is 0 Å². The summed E-state index contributed by atoms with van der Waals surface area (Å²) < 4.78 is 0. The van der Waals surface area contributed by atoms with Gasteiger partial charge in [0.2, 0.25) is 5.91 Å². The second kappa shape index (κ2) is 6.08. The molecule has 4 nitrogen and oxygen atoms in total. The minimum atomic E-state index is 0.118. The average molecular weight is 213 g/mol. The van der Waals surface area contributed by atoms with Gasteiger partial charge in [0.25, 0.3) is 0 Å². The monoisotopic (exact) mass is 213 g/mol. The number of nitrogens with two attached hydrogens (primary N) is 1. The second-order valence-corrected chi connectivity index (χ2v) is 4.56. The molecule has 3 N–H and O–H groups in total. The number of nitrogens with one attached hydrogen (secondary N) is 1. The molecule has 0 bridgehead atoms. The molecule has 1 aliphatic rings. The van der Waals surface area contributed by atoms with Crippen molar-refractivity contribution in [2.75, 3.05) is 19.6 Å². The third-order valence-corrected chi connectivity index (χ3v) is 2.80. The smallest absolute Gasteiger partial charge is 0.221 e. The lowest BCUT2D eigenvalue weighted by Crippen LogP contribution is -2.43. The molecule has 0 spiro atoms. The van der Waals surface area contributed by atoms with E-state index in [0.29, 0.717) is 13.0 Å². The third-order valence-electron chi connectivity index (χ3n) is 2.80. The fourth-order valence-corrected chi connectivity index (χ4v) is 2.06. The minimum absolute atomic E-state index is 0.118. The molecule has 1 saturated heterocycles. The lowest BCUT2D eigenvalue weighted by molar-refractivity contribution is -0.122. The van der Waals surface area contributed by atoms with Gasteiger partial charge in [-0.1, -0.05) is 0 Å². The van der Waals surface area contributed by atoms with E-state index in [1.165, 1.54) is 12.8 Å². The quantitative estimate of drug-likeness (QED) is 0.691. The van der Waals surface area contributed by atoms with Gasteiger partial charge in [-0.2, -0.15) is 0 Å². The van der Waals surface area contributed by atoms with E-state index in [1.807, 2.05) is 13.8 Å². The van der Waals surface area contributed by atoms with Crippen molar-refractivity contribution in [2.24, 2.45) is 5.73 Å². The molecule has 0 aromatic carbocycles. The molecule has 1 heterocycles. The Bertz CT molecular complexity index is 200. The van der Waals surface area contributed by atoms with Crippen LogP contribution in [0.1, 0.15) is 33.1 Å². The van der Waals surface area contributed by atoms with E-state index in [1.54, 1.807) is 0 Å². The summed E-state index contributed by atoms with van der Waals surface area (Å²) in [6.07, 6.45) is 3.01. The molecular formula is C11H23N3O. The van der Waals surface area contributed by atoms with Crippen molar-refractivity contribution < 1.29 is 4.79 Å². The van der Waals surface area contributed by atoms with Crippen molar-refractivity contribution in [3.8, 4) is 0 Å². The summed E-state index contributed by atoms with van der Waals surface area (Å²) in [5, 5.41) is 2.91. The largest absolute Gasteiger partial charge is 0.354 e. The van der Waals surface area contributed by atoms with Crippen LogP contribution in [0.3, 0.4) is 0 Å². The van der Waals surface area contributed by atoms with Crippen LogP contribution in [0, 0.1) is 0 Å². The molecule has 15 heavy (non-hydrogen) atoms. The Labute approximate surface area is 92.2 Å². The zero-order chi connectivity index (χ0) is 11.3. The summed E-state index contributed by atoms with van der Waals surface area (Å²) in [5.41, 5.74) is 5.71. The Balaban J connectivity index is 2.35. The molecule has 1 rings (SSSR count). The summed E-state index contributed by atoms with van der Waals surface area (Å²) in [6, 6.07) is 0.445. The fraction of sp³-hybridized carbons (Fsp3) is 0.909. The number of amides is 1. The Morgan fingerprint density at radius 2 is 2.00 bits per heavy atom. The molecule has 0 aromatic rings. The number of hydrogen-bond acceptors (Lipinski definition) is 3. The topological polar surface area (TPSA) is 58.4 Å². The van der Waals surface area contributed by atoms with Crippen molar-refractivity contribution in [3.05, 3.63) is 0 Å². The van der Waals surface area contributed by atoms with E-state index in [2.05, 4.69) is 10.2 Å². The molecule has 1 unspecified atom stereocenters. The van der Waals surface area contributed by atoms with E-state index >= 15 is 0 Å². The predicted molar refractivity (Wildman–Crippen MR) is 61.5 cm³/mol. The maximum atomic E-state index is 11.6. The van der Waals surface area contributed by atoms with Gasteiger partial charge in [0.15, 0.2) is 0 Å². The normalized spacial score (nSPS) is 19.5. The van der Waals surface area contributed by atoms with Crippen LogP contribution >= 0.6 is 0 Å². The molecule has 4 heteroatoms. The highest BCUT2D eigenvalue weighted by Crippen LogP contribution is 2.13. The number of carbonyl (C=O) groups is 1. The fourth-order valence-electron chi connectivity index (χ4n) is 2.06. The zero-order valence-corrected chi connectivity index (χ0v) is 9.83. The van der Waals surface area contributed by atoms with Gasteiger partial charge in [-0.15, -0.1) is 0 Å². The Morgan fingerprint density at radius 1 is 1.40 bits per heavy atom. The first kappa shape index (κ1) is 12.5. The van der Waals surface area contributed by atoms with Crippen LogP contribution in [0.5, 0.6) is 0 Å².